The van der Waals surface area contributed by atoms with Crippen LogP contribution in [0.3, 0.4) is 0 Å². The molecule has 0 aliphatic carbocycles. The van der Waals surface area contributed by atoms with Crippen LogP contribution in [0.5, 0.6) is 0 Å². The minimum atomic E-state index is 0.0317. The van der Waals surface area contributed by atoms with Crippen LogP contribution in [0.25, 0.3) is 0 Å². The molecule has 1 aromatic carbocycles. The average molecular weight is 236 g/mol. The number of anilines is 1. The molecule has 2 N–H and O–H groups in total. The SMILES string of the molecule is COCCNCCC(=O)Nc1ccccc1C. The van der Waals surface area contributed by atoms with Crippen molar-refractivity contribution in [3.63, 3.8) is 0 Å². The summed E-state index contributed by atoms with van der Waals surface area (Å²) in [5, 5.41) is 6.02. The van der Waals surface area contributed by atoms with Crippen LogP contribution in [0.1, 0.15) is 12.0 Å². The molecule has 0 aliphatic rings. The van der Waals surface area contributed by atoms with Gasteiger partial charge in [-0.1, -0.05) is 18.2 Å². The summed E-state index contributed by atoms with van der Waals surface area (Å²) in [5.41, 5.74) is 1.96. The summed E-state index contributed by atoms with van der Waals surface area (Å²) < 4.78 is 4.90. The number of nitrogens with one attached hydrogen (secondary N) is 2. The molecular formula is C13H20N2O2. The van der Waals surface area contributed by atoms with Gasteiger partial charge in [-0.25, -0.2) is 0 Å². The van der Waals surface area contributed by atoms with Gasteiger partial charge in [-0.05, 0) is 18.6 Å². The molecule has 0 fully saturated rings. The van der Waals surface area contributed by atoms with Crippen molar-refractivity contribution in [2.24, 2.45) is 0 Å². The van der Waals surface area contributed by atoms with E-state index in [1.165, 1.54) is 0 Å². The molecule has 1 amide bonds. The van der Waals surface area contributed by atoms with Gasteiger partial charge in [0.1, 0.15) is 0 Å². The van der Waals surface area contributed by atoms with Crippen molar-refractivity contribution >= 4 is 11.6 Å². The zero-order valence-electron chi connectivity index (χ0n) is 10.5. The van der Waals surface area contributed by atoms with Gasteiger partial charge < -0.3 is 15.4 Å². The number of ether oxygens (including phenoxy) is 1. The van der Waals surface area contributed by atoms with Crippen molar-refractivity contribution < 1.29 is 9.53 Å². The fourth-order valence-corrected chi connectivity index (χ4v) is 1.43. The predicted octanol–water partition coefficient (Wildman–Crippen LogP) is 1.56. The van der Waals surface area contributed by atoms with Gasteiger partial charge in [0, 0.05) is 32.3 Å². The minimum absolute atomic E-state index is 0.0317. The zero-order valence-corrected chi connectivity index (χ0v) is 10.5. The van der Waals surface area contributed by atoms with E-state index < -0.39 is 0 Å². The first-order valence-electron chi connectivity index (χ1n) is 5.79. The highest BCUT2D eigenvalue weighted by Gasteiger charge is 2.03. The molecular weight excluding hydrogens is 216 g/mol. The van der Waals surface area contributed by atoms with E-state index >= 15 is 0 Å². The number of rotatable bonds is 7. The highest BCUT2D eigenvalue weighted by Crippen LogP contribution is 2.12. The largest absolute Gasteiger partial charge is 0.383 e. The van der Waals surface area contributed by atoms with E-state index in [4.69, 9.17) is 4.74 Å². The lowest BCUT2D eigenvalue weighted by Gasteiger charge is -2.08. The minimum Gasteiger partial charge on any atom is -0.383 e. The van der Waals surface area contributed by atoms with E-state index in [-0.39, 0.29) is 5.91 Å². The van der Waals surface area contributed by atoms with Crippen LogP contribution in [0, 0.1) is 6.92 Å². The van der Waals surface area contributed by atoms with E-state index in [9.17, 15) is 4.79 Å². The summed E-state index contributed by atoms with van der Waals surface area (Å²) in [4.78, 5) is 11.6. The number of para-hydroxylation sites is 1. The third-order valence-corrected chi connectivity index (χ3v) is 2.43. The number of hydrogen-bond acceptors (Lipinski definition) is 3. The lowest BCUT2D eigenvalue weighted by Crippen LogP contribution is -2.24. The van der Waals surface area contributed by atoms with E-state index in [0.717, 1.165) is 17.8 Å². The van der Waals surface area contributed by atoms with Crippen LogP contribution in [0.4, 0.5) is 5.69 Å². The number of hydrogen-bond donors (Lipinski definition) is 2. The molecule has 1 rings (SSSR count). The Labute approximate surface area is 102 Å². The van der Waals surface area contributed by atoms with Crippen LogP contribution in [-0.4, -0.2) is 32.7 Å². The van der Waals surface area contributed by atoms with Crippen molar-refractivity contribution in [3.8, 4) is 0 Å². The molecule has 0 atom stereocenters. The van der Waals surface area contributed by atoms with Gasteiger partial charge in [-0.15, -0.1) is 0 Å². The van der Waals surface area contributed by atoms with E-state index in [1.54, 1.807) is 7.11 Å². The van der Waals surface area contributed by atoms with E-state index in [0.29, 0.717) is 19.6 Å². The van der Waals surface area contributed by atoms with Gasteiger partial charge in [0.2, 0.25) is 5.91 Å². The highest BCUT2D eigenvalue weighted by molar-refractivity contribution is 5.91. The van der Waals surface area contributed by atoms with E-state index in [2.05, 4.69) is 10.6 Å². The fourth-order valence-electron chi connectivity index (χ4n) is 1.43. The quantitative estimate of drug-likeness (QED) is 0.706. The molecule has 0 saturated carbocycles. The van der Waals surface area contributed by atoms with Gasteiger partial charge in [-0.3, -0.25) is 4.79 Å². The normalized spacial score (nSPS) is 10.2. The lowest BCUT2D eigenvalue weighted by molar-refractivity contribution is -0.116. The lowest BCUT2D eigenvalue weighted by atomic mass is 10.2. The fraction of sp³-hybridized carbons (Fsp3) is 0.462. The predicted molar refractivity (Wildman–Crippen MR) is 69.2 cm³/mol. The number of amides is 1. The van der Waals surface area contributed by atoms with Gasteiger partial charge >= 0.3 is 0 Å². The smallest absolute Gasteiger partial charge is 0.225 e. The molecule has 0 spiro atoms. The molecule has 17 heavy (non-hydrogen) atoms. The Morgan fingerprint density at radius 2 is 2.06 bits per heavy atom. The molecule has 0 aromatic heterocycles. The second-order valence-electron chi connectivity index (χ2n) is 3.86. The summed E-state index contributed by atoms with van der Waals surface area (Å²) in [6.45, 7) is 4.08. The Hall–Kier alpha value is -1.39. The summed E-state index contributed by atoms with van der Waals surface area (Å²) in [6, 6.07) is 7.76. The maximum absolute atomic E-state index is 11.6. The van der Waals surface area contributed by atoms with Crippen molar-refractivity contribution in [2.45, 2.75) is 13.3 Å². The maximum atomic E-state index is 11.6. The Morgan fingerprint density at radius 3 is 2.76 bits per heavy atom. The first kappa shape index (κ1) is 13.7. The first-order chi connectivity index (χ1) is 8.24. The second-order valence-corrected chi connectivity index (χ2v) is 3.86. The van der Waals surface area contributed by atoms with Crippen molar-refractivity contribution in [1.29, 1.82) is 0 Å². The Kier molecular flexibility index (Phi) is 6.29. The summed E-state index contributed by atoms with van der Waals surface area (Å²) >= 11 is 0. The zero-order chi connectivity index (χ0) is 12.5. The highest BCUT2D eigenvalue weighted by atomic mass is 16.5. The van der Waals surface area contributed by atoms with E-state index in [1.807, 2.05) is 31.2 Å². The van der Waals surface area contributed by atoms with Gasteiger partial charge in [0.25, 0.3) is 0 Å². The van der Waals surface area contributed by atoms with Gasteiger partial charge in [0.05, 0.1) is 6.61 Å². The Morgan fingerprint density at radius 1 is 1.29 bits per heavy atom. The molecule has 0 heterocycles. The summed E-state index contributed by atoms with van der Waals surface area (Å²) in [5.74, 6) is 0.0317. The van der Waals surface area contributed by atoms with Crippen LogP contribution >= 0.6 is 0 Å². The van der Waals surface area contributed by atoms with Crippen LogP contribution in [-0.2, 0) is 9.53 Å². The molecule has 0 aliphatic heterocycles. The average Bonchev–Trinajstić information content (AvgIpc) is 2.32. The standard InChI is InChI=1S/C13H20N2O2/c1-11-5-3-4-6-12(11)15-13(16)7-8-14-9-10-17-2/h3-6,14H,7-10H2,1-2H3,(H,15,16). The molecule has 0 bridgehead atoms. The monoisotopic (exact) mass is 236 g/mol. The third-order valence-electron chi connectivity index (χ3n) is 2.43. The van der Waals surface area contributed by atoms with Crippen LogP contribution < -0.4 is 10.6 Å². The van der Waals surface area contributed by atoms with Crippen LogP contribution in [0.15, 0.2) is 24.3 Å². The Bertz CT molecular complexity index is 353. The third kappa shape index (κ3) is 5.47. The van der Waals surface area contributed by atoms with Gasteiger partial charge in [0.15, 0.2) is 0 Å². The molecule has 0 saturated heterocycles. The van der Waals surface area contributed by atoms with Crippen LogP contribution in [0.2, 0.25) is 0 Å². The Balaban J connectivity index is 2.23. The molecule has 0 unspecified atom stereocenters. The molecule has 94 valence electrons. The summed E-state index contributed by atoms with van der Waals surface area (Å²) in [7, 11) is 1.66. The van der Waals surface area contributed by atoms with Gasteiger partial charge in [-0.2, -0.15) is 0 Å². The number of aryl methyl sites for hydroxylation is 1. The van der Waals surface area contributed by atoms with Crippen molar-refractivity contribution in [1.82, 2.24) is 5.32 Å². The number of carbonyl (C=O) groups excluding carboxylic acids is 1. The maximum Gasteiger partial charge on any atom is 0.225 e. The topological polar surface area (TPSA) is 50.4 Å². The molecule has 0 radical (unpaired) electrons. The number of carbonyl (C=O) groups is 1. The first-order valence-corrected chi connectivity index (χ1v) is 5.79. The second kappa shape index (κ2) is 7.81. The van der Waals surface area contributed by atoms with Crippen molar-refractivity contribution in [2.75, 3.05) is 32.1 Å². The number of methoxy groups -OCH3 is 1. The molecule has 4 heteroatoms. The molecule has 4 nitrogen and oxygen atoms in total. The number of benzene rings is 1. The molecule has 1 aromatic rings. The van der Waals surface area contributed by atoms with Crippen molar-refractivity contribution in [3.05, 3.63) is 29.8 Å². The summed E-state index contributed by atoms with van der Waals surface area (Å²) in [6.07, 6.45) is 0.470.